The number of hydrogen-bond acceptors (Lipinski definition) is 2. The van der Waals surface area contributed by atoms with E-state index in [9.17, 15) is 13.2 Å². The molecule has 0 rings (SSSR count). The van der Waals surface area contributed by atoms with Gasteiger partial charge in [-0.1, -0.05) is 22.4 Å². The van der Waals surface area contributed by atoms with Crippen LogP contribution in [-0.4, -0.2) is 49.8 Å². The van der Waals surface area contributed by atoms with Gasteiger partial charge < -0.3 is 9.64 Å². The fourth-order valence-electron chi connectivity index (χ4n) is 1.17. The monoisotopic (exact) mass is 305 g/mol. The highest BCUT2D eigenvalue weighted by molar-refractivity contribution is 9.09. The molecule has 0 aromatic rings. The van der Waals surface area contributed by atoms with Crippen LogP contribution in [0.1, 0.15) is 19.3 Å². The minimum Gasteiger partial charge on any atom is -0.371 e. The lowest BCUT2D eigenvalue weighted by atomic mass is 10.2. The van der Waals surface area contributed by atoms with Crippen LogP contribution in [-0.2, 0) is 4.74 Å². The van der Waals surface area contributed by atoms with E-state index >= 15 is 0 Å². The molecule has 0 fully saturated rings. The number of ether oxygens (including phenoxy) is 1. The minimum absolute atomic E-state index is 0.133. The lowest BCUT2D eigenvalue weighted by molar-refractivity contribution is -0.174. The lowest BCUT2D eigenvalue weighted by Gasteiger charge is -2.16. The maximum Gasteiger partial charge on any atom is 0.411 e. The van der Waals surface area contributed by atoms with Gasteiger partial charge in [-0.2, -0.15) is 13.2 Å². The third-order valence-electron chi connectivity index (χ3n) is 2.06. The predicted molar refractivity (Wildman–Crippen MR) is 62.0 cm³/mol. The number of alkyl halides is 4. The van der Waals surface area contributed by atoms with E-state index in [4.69, 9.17) is 0 Å². The maximum atomic E-state index is 11.7. The summed E-state index contributed by atoms with van der Waals surface area (Å²) in [4.78, 5) is 1.99. The summed E-state index contributed by atoms with van der Waals surface area (Å²) < 4.78 is 39.7. The Morgan fingerprint density at radius 2 is 1.81 bits per heavy atom. The van der Waals surface area contributed by atoms with Crippen LogP contribution in [0.25, 0.3) is 0 Å². The second kappa shape index (κ2) is 9.24. The van der Waals surface area contributed by atoms with Crippen molar-refractivity contribution in [2.45, 2.75) is 25.4 Å². The molecule has 0 saturated carbocycles. The Morgan fingerprint density at radius 1 is 1.12 bits per heavy atom. The molecule has 0 saturated heterocycles. The average Bonchev–Trinajstić information content (AvgIpc) is 2.18. The standard InChI is InChI=1S/C10H19BrF3NO/c1-15(6-4-2-3-5-11)7-8-16-9-10(12,13)14/h2-9H2,1H3. The maximum absolute atomic E-state index is 11.7. The molecule has 0 aromatic carbocycles. The Bertz CT molecular complexity index is 167. The van der Waals surface area contributed by atoms with Crippen LogP contribution in [0.5, 0.6) is 0 Å². The molecule has 2 nitrogen and oxygen atoms in total. The van der Waals surface area contributed by atoms with Crippen LogP contribution >= 0.6 is 15.9 Å². The van der Waals surface area contributed by atoms with E-state index in [-0.39, 0.29) is 6.61 Å². The first kappa shape index (κ1) is 16.2. The quantitative estimate of drug-likeness (QED) is 0.479. The van der Waals surface area contributed by atoms with Gasteiger partial charge in [-0.05, 0) is 26.4 Å². The number of nitrogens with zero attached hydrogens (tertiary/aromatic N) is 1. The molecule has 0 spiro atoms. The van der Waals surface area contributed by atoms with Crippen molar-refractivity contribution in [2.75, 3.05) is 38.7 Å². The van der Waals surface area contributed by atoms with E-state index < -0.39 is 12.8 Å². The molecular weight excluding hydrogens is 287 g/mol. The molecule has 0 aliphatic rings. The molecule has 16 heavy (non-hydrogen) atoms. The molecule has 0 radical (unpaired) electrons. The summed E-state index contributed by atoms with van der Waals surface area (Å²) in [5.74, 6) is 0. The van der Waals surface area contributed by atoms with Crippen LogP contribution in [0.15, 0.2) is 0 Å². The molecule has 98 valence electrons. The van der Waals surface area contributed by atoms with Crippen molar-refractivity contribution in [3.05, 3.63) is 0 Å². The van der Waals surface area contributed by atoms with Gasteiger partial charge in [0.25, 0.3) is 0 Å². The van der Waals surface area contributed by atoms with Crippen molar-refractivity contribution >= 4 is 15.9 Å². The van der Waals surface area contributed by atoms with Crippen LogP contribution in [0.3, 0.4) is 0 Å². The Morgan fingerprint density at radius 3 is 2.38 bits per heavy atom. The summed E-state index contributed by atoms with van der Waals surface area (Å²) in [6.07, 6.45) is -0.868. The van der Waals surface area contributed by atoms with Gasteiger partial charge >= 0.3 is 6.18 Å². The van der Waals surface area contributed by atoms with Crippen molar-refractivity contribution in [2.24, 2.45) is 0 Å². The number of rotatable bonds is 9. The van der Waals surface area contributed by atoms with Gasteiger partial charge in [-0.15, -0.1) is 0 Å². The van der Waals surface area contributed by atoms with Crippen molar-refractivity contribution in [3.63, 3.8) is 0 Å². The normalized spacial score (nSPS) is 12.4. The molecule has 0 heterocycles. The van der Waals surface area contributed by atoms with Gasteiger partial charge in [-0.3, -0.25) is 0 Å². The third-order valence-corrected chi connectivity index (χ3v) is 2.62. The van der Waals surface area contributed by atoms with Crippen LogP contribution in [0, 0.1) is 0 Å². The molecule has 0 atom stereocenters. The molecule has 0 amide bonds. The van der Waals surface area contributed by atoms with Gasteiger partial charge in [-0.25, -0.2) is 0 Å². The summed E-state index contributed by atoms with van der Waals surface area (Å²) in [6, 6.07) is 0. The Labute approximate surface area is 103 Å². The molecule has 0 N–H and O–H groups in total. The van der Waals surface area contributed by atoms with Crippen molar-refractivity contribution < 1.29 is 17.9 Å². The van der Waals surface area contributed by atoms with Gasteiger partial charge in [0.15, 0.2) is 0 Å². The van der Waals surface area contributed by atoms with E-state index in [2.05, 4.69) is 20.7 Å². The highest BCUT2D eigenvalue weighted by atomic mass is 79.9. The fourth-order valence-corrected chi connectivity index (χ4v) is 1.57. The largest absolute Gasteiger partial charge is 0.411 e. The molecule has 0 bridgehead atoms. The topological polar surface area (TPSA) is 12.5 Å². The zero-order valence-corrected chi connectivity index (χ0v) is 11.1. The summed E-state index contributed by atoms with van der Waals surface area (Å²) in [6.45, 7) is 0.436. The Hall–Kier alpha value is 0.190. The van der Waals surface area contributed by atoms with Crippen LogP contribution in [0.4, 0.5) is 13.2 Å². The zero-order chi connectivity index (χ0) is 12.4. The highest BCUT2D eigenvalue weighted by Gasteiger charge is 2.27. The Balaban J connectivity index is 3.27. The minimum atomic E-state index is -4.21. The number of hydrogen-bond donors (Lipinski definition) is 0. The smallest absolute Gasteiger partial charge is 0.371 e. The van der Waals surface area contributed by atoms with E-state index in [0.29, 0.717) is 6.54 Å². The van der Waals surface area contributed by atoms with Gasteiger partial charge in [0.1, 0.15) is 6.61 Å². The first-order valence-corrected chi connectivity index (χ1v) is 6.47. The molecule has 6 heteroatoms. The van der Waals surface area contributed by atoms with E-state index in [1.54, 1.807) is 0 Å². The molecule has 0 aliphatic carbocycles. The number of likely N-dealkylation sites (N-methyl/N-ethyl adjacent to an activating group) is 1. The second-order valence-electron chi connectivity index (χ2n) is 3.72. The third kappa shape index (κ3) is 12.3. The lowest BCUT2D eigenvalue weighted by Crippen LogP contribution is -2.26. The summed E-state index contributed by atoms with van der Waals surface area (Å²) in [5, 5.41) is 1.01. The van der Waals surface area contributed by atoms with Crippen LogP contribution in [0.2, 0.25) is 0 Å². The molecule has 0 unspecified atom stereocenters. The molecule has 0 aliphatic heterocycles. The fraction of sp³-hybridized carbons (Fsp3) is 1.00. The van der Waals surface area contributed by atoms with E-state index in [1.807, 2.05) is 11.9 Å². The van der Waals surface area contributed by atoms with Crippen molar-refractivity contribution in [1.82, 2.24) is 4.90 Å². The first-order valence-electron chi connectivity index (χ1n) is 5.34. The first-order chi connectivity index (χ1) is 7.45. The zero-order valence-electron chi connectivity index (χ0n) is 9.52. The van der Waals surface area contributed by atoms with E-state index in [1.165, 1.54) is 0 Å². The molecule has 0 aromatic heterocycles. The second-order valence-corrected chi connectivity index (χ2v) is 4.51. The van der Waals surface area contributed by atoms with Gasteiger partial charge in [0.2, 0.25) is 0 Å². The highest BCUT2D eigenvalue weighted by Crippen LogP contribution is 2.14. The summed E-state index contributed by atoms with van der Waals surface area (Å²) in [5.41, 5.74) is 0. The van der Waals surface area contributed by atoms with Gasteiger partial charge in [0.05, 0.1) is 6.61 Å². The number of unbranched alkanes of at least 4 members (excludes halogenated alkanes) is 2. The molecular formula is C10H19BrF3NO. The predicted octanol–water partition coefficient (Wildman–Crippen LogP) is 3.06. The Kier molecular flexibility index (Phi) is 9.35. The van der Waals surface area contributed by atoms with Crippen molar-refractivity contribution in [3.8, 4) is 0 Å². The average molecular weight is 306 g/mol. The van der Waals surface area contributed by atoms with E-state index in [0.717, 1.165) is 31.1 Å². The van der Waals surface area contributed by atoms with Gasteiger partial charge in [0, 0.05) is 11.9 Å². The van der Waals surface area contributed by atoms with Crippen LogP contribution < -0.4 is 0 Å². The summed E-state index contributed by atoms with van der Waals surface area (Å²) >= 11 is 3.35. The summed E-state index contributed by atoms with van der Waals surface area (Å²) in [7, 11) is 1.89. The van der Waals surface area contributed by atoms with Crippen molar-refractivity contribution in [1.29, 1.82) is 0 Å². The number of halogens is 4. The SMILES string of the molecule is CN(CCCCCBr)CCOCC(F)(F)F.